The van der Waals surface area contributed by atoms with Gasteiger partial charge in [0.05, 0.1) is 5.56 Å². The largest absolute Gasteiger partial charge is 0.507 e. The fourth-order valence-corrected chi connectivity index (χ4v) is 1.54. The van der Waals surface area contributed by atoms with Crippen molar-refractivity contribution in [1.29, 1.82) is 0 Å². The van der Waals surface area contributed by atoms with E-state index in [2.05, 4.69) is 15.9 Å². The second-order valence-electron chi connectivity index (χ2n) is 3.18. The van der Waals surface area contributed by atoms with Gasteiger partial charge in [0.15, 0.2) is 0 Å². The summed E-state index contributed by atoms with van der Waals surface area (Å²) in [6, 6.07) is 4.74. The molecule has 82 valence electrons. The number of likely N-dealkylation sites (N-methyl/N-ethyl adjacent to an activating group) is 1. The van der Waals surface area contributed by atoms with Crippen molar-refractivity contribution in [3.05, 3.63) is 28.2 Å². The van der Waals surface area contributed by atoms with E-state index in [0.717, 1.165) is 4.47 Å². The lowest BCUT2D eigenvalue weighted by Gasteiger charge is -2.16. The summed E-state index contributed by atoms with van der Waals surface area (Å²) >= 11 is 3.25. The van der Waals surface area contributed by atoms with E-state index >= 15 is 0 Å². The molecular weight excluding hydrogens is 260 g/mol. The molecule has 0 fully saturated rings. The Labute approximate surface area is 96.8 Å². The molecule has 4 nitrogen and oxygen atoms in total. The Kier molecular flexibility index (Phi) is 4.11. The summed E-state index contributed by atoms with van der Waals surface area (Å²) < 4.78 is 0.754. The summed E-state index contributed by atoms with van der Waals surface area (Å²) in [5.41, 5.74) is 5.63. The van der Waals surface area contributed by atoms with Crippen LogP contribution in [0, 0.1) is 0 Å². The van der Waals surface area contributed by atoms with E-state index in [-0.39, 0.29) is 17.2 Å². The number of hydrogen-bond donors (Lipinski definition) is 2. The highest BCUT2D eigenvalue weighted by atomic mass is 79.9. The molecule has 0 aliphatic heterocycles. The van der Waals surface area contributed by atoms with Crippen molar-refractivity contribution in [2.75, 3.05) is 20.1 Å². The molecule has 0 aliphatic carbocycles. The van der Waals surface area contributed by atoms with E-state index in [1.807, 2.05) is 0 Å². The van der Waals surface area contributed by atoms with Crippen molar-refractivity contribution in [2.24, 2.45) is 5.73 Å². The van der Waals surface area contributed by atoms with Gasteiger partial charge in [0.2, 0.25) is 0 Å². The zero-order valence-electron chi connectivity index (χ0n) is 8.40. The van der Waals surface area contributed by atoms with Crippen LogP contribution >= 0.6 is 15.9 Å². The molecule has 0 saturated heterocycles. The molecule has 0 radical (unpaired) electrons. The first kappa shape index (κ1) is 12.0. The van der Waals surface area contributed by atoms with Crippen LogP contribution in [0.5, 0.6) is 5.75 Å². The fourth-order valence-electron chi connectivity index (χ4n) is 1.18. The van der Waals surface area contributed by atoms with Crippen LogP contribution in [0.25, 0.3) is 0 Å². The maximum atomic E-state index is 11.8. The SMILES string of the molecule is CN(CCN)C(=O)c1cc(Br)ccc1O. The first-order chi connectivity index (χ1) is 7.06. The van der Waals surface area contributed by atoms with Crippen LogP contribution in [-0.4, -0.2) is 36.1 Å². The number of nitrogens with zero attached hydrogens (tertiary/aromatic N) is 1. The maximum absolute atomic E-state index is 11.8. The molecule has 0 heterocycles. The van der Waals surface area contributed by atoms with Crippen LogP contribution in [0.2, 0.25) is 0 Å². The van der Waals surface area contributed by atoms with Crippen LogP contribution < -0.4 is 5.73 Å². The normalized spacial score (nSPS) is 10.1. The monoisotopic (exact) mass is 272 g/mol. The molecule has 3 N–H and O–H groups in total. The summed E-state index contributed by atoms with van der Waals surface area (Å²) in [6.45, 7) is 0.863. The third kappa shape index (κ3) is 2.94. The maximum Gasteiger partial charge on any atom is 0.257 e. The van der Waals surface area contributed by atoms with Crippen LogP contribution in [0.1, 0.15) is 10.4 Å². The molecule has 1 aromatic rings. The Hall–Kier alpha value is -1.07. The standard InChI is InChI=1S/C10H13BrN2O2/c1-13(5-4-12)10(15)8-6-7(11)2-3-9(8)14/h2-3,6,14H,4-5,12H2,1H3. The molecular formula is C10H13BrN2O2. The Morgan fingerprint density at radius 3 is 2.87 bits per heavy atom. The molecule has 15 heavy (non-hydrogen) atoms. The average Bonchev–Trinajstić information content (AvgIpc) is 2.21. The number of benzene rings is 1. The second-order valence-corrected chi connectivity index (χ2v) is 4.09. The van der Waals surface area contributed by atoms with Crippen molar-refractivity contribution in [1.82, 2.24) is 4.90 Å². The second kappa shape index (κ2) is 5.14. The summed E-state index contributed by atoms with van der Waals surface area (Å²) in [7, 11) is 1.65. The number of hydrogen-bond acceptors (Lipinski definition) is 3. The van der Waals surface area contributed by atoms with Crippen molar-refractivity contribution in [2.45, 2.75) is 0 Å². The van der Waals surface area contributed by atoms with E-state index in [0.29, 0.717) is 13.1 Å². The van der Waals surface area contributed by atoms with Gasteiger partial charge in [-0.25, -0.2) is 0 Å². The zero-order valence-corrected chi connectivity index (χ0v) is 9.99. The molecule has 1 amide bonds. The third-order valence-corrected chi connectivity index (χ3v) is 2.49. The van der Waals surface area contributed by atoms with Gasteiger partial charge in [-0.05, 0) is 18.2 Å². The van der Waals surface area contributed by atoms with E-state index in [1.54, 1.807) is 19.2 Å². The lowest BCUT2D eigenvalue weighted by atomic mass is 10.2. The van der Waals surface area contributed by atoms with E-state index in [1.165, 1.54) is 11.0 Å². The lowest BCUT2D eigenvalue weighted by molar-refractivity contribution is 0.0796. The van der Waals surface area contributed by atoms with Crippen LogP contribution in [0.3, 0.4) is 0 Å². The number of carbonyl (C=O) groups is 1. The lowest BCUT2D eigenvalue weighted by Crippen LogP contribution is -2.31. The molecule has 5 heteroatoms. The number of nitrogens with two attached hydrogens (primary N) is 1. The first-order valence-corrected chi connectivity index (χ1v) is 5.29. The highest BCUT2D eigenvalue weighted by Crippen LogP contribution is 2.22. The van der Waals surface area contributed by atoms with Gasteiger partial charge < -0.3 is 15.7 Å². The average molecular weight is 273 g/mol. The van der Waals surface area contributed by atoms with Crippen molar-refractivity contribution < 1.29 is 9.90 Å². The van der Waals surface area contributed by atoms with Crippen LogP contribution in [0.4, 0.5) is 0 Å². The number of halogens is 1. The smallest absolute Gasteiger partial charge is 0.257 e. The van der Waals surface area contributed by atoms with Crippen LogP contribution in [0.15, 0.2) is 22.7 Å². The number of aromatic hydroxyl groups is 1. The molecule has 0 aliphatic rings. The molecule has 1 aromatic carbocycles. The fraction of sp³-hybridized carbons (Fsp3) is 0.300. The van der Waals surface area contributed by atoms with Crippen molar-refractivity contribution in [3.63, 3.8) is 0 Å². The summed E-state index contributed by atoms with van der Waals surface area (Å²) in [5.74, 6) is -0.258. The van der Waals surface area contributed by atoms with E-state index in [9.17, 15) is 9.90 Å². The van der Waals surface area contributed by atoms with Gasteiger partial charge in [-0.1, -0.05) is 15.9 Å². The Bertz CT molecular complexity index is 368. The quantitative estimate of drug-likeness (QED) is 0.869. The van der Waals surface area contributed by atoms with E-state index in [4.69, 9.17) is 5.73 Å². The summed E-state index contributed by atoms with van der Waals surface area (Å²) in [4.78, 5) is 13.3. The van der Waals surface area contributed by atoms with Gasteiger partial charge in [-0.3, -0.25) is 4.79 Å². The van der Waals surface area contributed by atoms with Gasteiger partial charge in [-0.15, -0.1) is 0 Å². The number of rotatable bonds is 3. The number of amides is 1. The van der Waals surface area contributed by atoms with Gasteiger partial charge in [-0.2, -0.15) is 0 Å². The minimum Gasteiger partial charge on any atom is -0.507 e. The van der Waals surface area contributed by atoms with Gasteiger partial charge in [0.25, 0.3) is 5.91 Å². The van der Waals surface area contributed by atoms with E-state index < -0.39 is 0 Å². The Balaban J connectivity index is 2.95. The summed E-state index contributed by atoms with van der Waals surface area (Å²) in [6.07, 6.45) is 0. The number of phenolic OH excluding ortho intramolecular Hbond substituents is 1. The summed E-state index contributed by atoms with van der Waals surface area (Å²) in [5, 5.41) is 9.52. The first-order valence-electron chi connectivity index (χ1n) is 4.50. The molecule has 0 bridgehead atoms. The van der Waals surface area contributed by atoms with Crippen molar-refractivity contribution in [3.8, 4) is 5.75 Å². The molecule has 0 aromatic heterocycles. The number of phenols is 1. The predicted octanol–water partition coefficient (Wildman–Crippen LogP) is 1.19. The highest BCUT2D eigenvalue weighted by Gasteiger charge is 2.15. The molecule has 0 atom stereocenters. The minimum absolute atomic E-state index is 0.0212. The van der Waals surface area contributed by atoms with Gasteiger partial charge in [0.1, 0.15) is 5.75 Å². The number of carbonyl (C=O) groups excluding carboxylic acids is 1. The minimum atomic E-state index is -0.237. The predicted molar refractivity (Wildman–Crippen MR) is 61.8 cm³/mol. The van der Waals surface area contributed by atoms with Crippen molar-refractivity contribution >= 4 is 21.8 Å². The molecule has 0 spiro atoms. The van der Waals surface area contributed by atoms with Crippen LogP contribution in [-0.2, 0) is 0 Å². The molecule has 1 rings (SSSR count). The Morgan fingerprint density at radius 1 is 1.60 bits per heavy atom. The molecule has 0 saturated carbocycles. The van der Waals surface area contributed by atoms with Gasteiger partial charge in [0, 0.05) is 24.6 Å². The highest BCUT2D eigenvalue weighted by molar-refractivity contribution is 9.10. The zero-order chi connectivity index (χ0) is 11.4. The molecule has 0 unspecified atom stereocenters. The topological polar surface area (TPSA) is 66.6 Å². The van der Waals surface area contributed by atoms with Gasteiger partial charge >= 0.3 is 0 Å². The third-order valence-electron chi connectivity index (χ3n) is 2.00. The Morgan fingerprint density at radius 2 is 2.27 bits per heavy atom.